The van der Waals surface area contributed by atoms with Crippen molar-refractivity contribution >= 4 is 40.6 Å². The van der Waals surface area contributed by atoms with Gasteiger partial charge >= 0.3 is 5.97 Å². The average molecular weight is 407 g/mol. The normalized spacial score (nSPS) is 16.9. The van der Waals surface area contributed by atoms with E-state index in [9.17, 15) is 19.2 Å². The van der Waals surface area contributed by atoms with Gasteiger partial charge in [-0.15, -0.1) is 0 Å². The van der Waals surface area contributed by atoms with Crippen LogP contribution in [0.2, 0.25) is 0 Å². The minimum Gasteiger partial charge on any atom is -0.452 e. The zero-order valence-electron chi connectivity index (χ0n) is 16.4. The molecule has 0 saturated carbocycles. The van der Waals surface area contributed by atoms with Crippen LogP contribution >= 0.6 is 0 Å². The first-order valence-corrected chi connectivity index (χ1v) is 9.72. The molecule has 1 atom stereocenters. The first kappa shape index (κ1) is 19.6. The van der Waals surface area contributed by atoms with Crippen molar-refractivity contribution in [3.8, 4) is 0 Å². The van der Waals surface area contributed by atoms with Crippen LogP contribution in [0.5, 0.6) is 0 Å². The average Bonchev–Trinajstić information content (AvgIpc) is 3.23. The number of hydrogen-bond donors (Lipinski definition) is 2. The Balaban J connectivity index is 1.38. The molecule has 154 valence electrons. The van der Waals surface area contributed by atoms with E-state index in [4.69, 9.17) is 4.74 Å². The van der Waals surface area contributed by atoms with E-state index in [2.05, 4.69) is 10.6 Å². The maximum Gasteiger partial charge on any atom is 0.338 e. The lowest BCUT2D eigenvalue weighted by Gasteiger charge is -2.33. The van der Waals surface area contributed by atoms with E-state index in [1.165, 1.54) is 6.92 Å². The lowest BCUT2D eigenvalue weighted by atomic mass is 10.1. The Morgan fingerprint density at radius 2 is 2.00 bits per heavy atom. The number of carbonyl (C=O) groups is 4. The number of esters is 1. The fourth-order valence-corrected chi connectivity index (χ4v) is 3.78. The van der Waals surface area contributed by atoms with Gasteiger partial charge in [-0.05, 0) is 50.1 Å². The molecule has 2 heterocycles. The summed E-state index contributed by atoms with van der Waals surface area (Å²) in [6.07, 6.45) is 1.77. The summed E-state index contributed by atoms with van der Waals surface area (Å²) in [7, 11) is 0. The van der Waals surface area contributed by atoms with Gasteiger partial charge in [-0.25, -0.2) is 4.79 Å². The molecule has 1 saturated heterocycles. The van der Waals surface area contributed by atoms with Crippen LogP contribution in [-0.2, 0) is 14.3 Å². The highest BCUT2D eigenvalue weighted by Crippen LogP contribution is 2.37. The highest BCUT2D eigenvalue weighted by atomic mass is 16.5. The van der Waals surface area contributed by atoms with Crippen LogP contribution in [0.3, 0.4) is 0 Å². The monoisotopic (exact) mass is 407 g/mol. The van der Waals surface area contributed by atoms with Gasteiger partial charge in [0.05, 0.1) is 16.9 Å². The number of nitrogens with zero attached hydrogens (tertiary/aromatic N) is 1. The molecule has 2 amide bonds. The summed E-state index contributed by atoms with van der Waals surface area (Å²) < 4.78 is 5.10. The summed E-state index contributed by atoms with van der Waals surface area (Å²) in [4.78, 5) is 50.2. The smallest absolute Gasteiger partial charge is 0.338 e. The Kier molecular flexibility index (Phi) is 5.22. The van der Waals surface area contributed by atoms with Gasteiger partial charge in [0.15, 0.2) is 12.4 Å². The minimum absolute atomic E-state index is 0.0716. The molecule has 2 N–H and O–H groups in total. The van der Waals surface area contributed by atoms with Gasteiger partial charge in [0, 0.05) is 17.8 Å². The van der Waals surface area contributed by atoms with Crippen molar-refractivity contribution in [2.75, 3.05) is 28.7 Å². The molecule has 0 unspecified atom stereocenters. The number of amides is 2. The lowest BCUT2D eigenvalue weighted by molar-refractivity contribution is -0.119. The summed E-state index contributed by atoms with van der Waals surface area (Å²) in [5, 5.41) is 5.44. The number of rotatable bonds is 5. The Bertz CT molecular complexity index is 1050. The van der Waals surface area contributed by atoms with E-state index in [1.807, 2.05) is 4.90 Å². The molecule has 8 heteroatoms. The SMILES string of the molecule is CC(=O)c1cccc(NC(=O)COC(=O)c2ccc3c(c2)NC(=O)[C@@H]2CCCN32)c1. The number of hydrogen-bond acceptors (Lipinski definition) is 6. The molecule has 2 aliphatic rings. The molecule has 0 radical (unpaired) electrons. The van der Waals surface area contributed by atoms with Crippen molar-refractivity contribution in [2.45, 2.75) is 25.8 Å². The van der Waals surface area contributed by atoms with Crippen LogP contribution in [0.25, 0.3) is 0 Å². The molecule has 0 aliphatic carbocycles. The molecule has 2 aromatic carbocycles. The van der Waals surface area contributed by atoms with Crippen LogP contribution in [0.15, 0.2) is 42.5 Å². The van der Waals surface area contributed by atoms with E-state index >= 15 is 0 Å². The quantitative estimate of drug-likeness (QED) is 0.583. The Labute approximate surface area is 173 Å². The van der Waals surface area contributed by atoms with Crippen molar-refractivity contribution in [1.82, 2.24) is 0 Å². The highest BCUT2D eigenvalue weighted by Gasteiger charge is 2.36. The standard InChI is InChI=1S/C22H21N3O5/c1-13(26)14-4-2-5-16(10-14)23-20(27)12-30-22(29)15-7-8-18-17(11-15)24-21(28)19-6-3-9-25(18)19/h2,4-5,7-8,10-11,19H,3,6,9,12H2,1H3,(H,23,27)(H,24,28)/t19-/m0/s1. The number of nitrogens with one attached hydrogen (secondary N) is 2. The minimum atomic E-state index is -0.664. The summed E-state index contributed by atoms with van der Waals surface area (Å²) in [6, 6.07) is 11.3. The molecular weight excluding hydrogens is 386 g/mol. The molecule has 2 aromatic rings. The van der Waals surface area contributed by atoms with Crippen molar-refractivity contribution in [2.24, 2.45) is 0 Å². The molecule has 8 nitrogen and oxygen atoms in total. The summed E-state index contributed by atoms with van der Waals surface area (Å²) in [5.41, 5.74) is 2.62. The van der Waals surface area contributed by atoms with E-state index < -0.39 is 18.5 Å². The second kappa shape index (κ2) is 7.98. The molecule has 0 bridgehead atoms. The third-order valence-corrected chi connectivity index (χ3v) is 5.24. The number of carbonyl (C=O) groups excluding carboxylic acids is 4. The Morgan fingerprint density at radius 3 is 2.80 bits per heavy atom. The maximum absolute atomic E-state index is 12.4. The van der Waals surface area contributed by atoms with Crippen LogP contribution in [0, 0.1) is 0 Å². The van der Waals surface area contributed by atoms with Gasteiger partial charge in [-0.3, -0.25) is 14.4 Å². The van der Waals surface area contributed by atoms with E-state index in [0.717, 1.165) is 25.1 Å². The summed E-state index contributed by atoms with van der Waals surface area (Å²) >= 11 is 0. The number of Topliss-reactive ketones (excluding diaryl/α,β-unsaturated/α-hetero) is 1. The predicted molar refractivity (Wildman–Crippen MR) is 111 cm³/mol. The molecule has 0 aromatic heterocycles. The number of ether oxygens (including phenoxy) is 1. The van der Waals surface area contributed by atoms with Gasteiger partial charge in [-0.2, -0.15) is 0 Å². The fraction of sp³-hybridized carbons (Fsp3) is 0.273. The maximum atomic E-state index is 12.4. The number of benzene rings is 2. The van der Waals surface area contributed by atoms with E-state index in [-0.39, 0.29) is 23.3 Å². The van der Waals surface area contributed by atoms with E-state index in [1.54, 1.807) is 42.5 Å². The fourth-order valence-electron chi connectivity index (χ4n) is 3.78. The van der Waals surface area contributed by atoms with Gasteiger partial charge < -0.3 is 20.3 Å². The predicted octanol–water partition coefficient (Wildman–Crippen LogP) is 2.61. The summed E-state index contributed by atoms with van der Waals surface area (Å²) in [6.45, 7) is 1.77. The Hall–Kier alpha value is -3.68. The number of fused-ring (bicyclic) bond motifs is 3. The molecular formula is C22H21N3O5. The zero-order chi connectivity index (χ0) is 21.3. The number of ketones is 1. The molecule has 0 spiro atoms. The topological polar surface area (TPSA) is 105 Å². The molecule has 4 rings (SSSR count). The summed E-state index contributed by atoms with van der Waals surface area (Å²) in [5.74, 6) is -1.37. The van der Waals surface area contributed by atoms with Crippen molar-refractivity contribution in [3.63, 3.8) is 0 Å². The van der Waals surface area contributed by atoms with Gasteiger partial charge in [0.25, 0.3) is 5.91 Å². The second-order valence-corrected chi connectivity index (χ2v) is 7.33. The first-order chi connectivity index (χ1) is 14.4. The van der Waals surface area contributed by atoms with Crippen LogP contribution < -0.4 is 15.5 Å². The molecule has 1 fully saturated rings. The van der Waals surface area contributed by atoms with Crippen LogP contribution in [0.4, 0.5) is 17.1 Å². The lowest BCUT2D eigenvalue weighted by Crippen LogP contribution is -2.43. The number of anilines is 3. The second-order valence-electron chi connectivity index (χ2n) is 7.33. The largest absolute Gasteiger partial charge is 0.452 e. The molecule has 30 heavy (non-hydrogen) atoms. The first-order valence-electron chi connectivity index (χ1n) is 9.72. The third-order valence-electron chi connectivity index (χ3n) is 5.24. The van der Waals surface area contributed by atoms with E-state index in [0.29, 0.717) is 16.9 Å². The van der Waals surface area contributed by atoms with Gasteiger partial charge in [0.1, 0.15) is 6.04 Å². The van der Waals surface area contributed by atoms with Gasteiger partial charge in [0.2, 0.25) is 5.91 Å². The van der Waals surface area contributed by atoms with Crippen molar-refractivity contribution in [3.05, 3.63) is 53.6 Å². The van der Waals surface area contributed by atoms with Gasteiger partial charge in [-0.1, -0.05) is 12.1 Å². The Morgan fingerprint density at radius 1 is 1.17 bits per heavy atom. The zero-order valence-corrected chi connectivity index (χ0v) is 16.4. The van der Waals surface area contributed by atoms with Crippen molar-refractivity contribution < 1.29 is 23.9 Å². The van der Waals surface area contributed by atoms with Crippen LogP contribution in [0.1, 0.15) is 40.5 Å². The molecule has 2 aliphatic heterocycles. The van der Waals surface area contributed by atoms with Crippen molar-refractivity contribution in [1.29, 1.82) is 0 Å². The van der Waals surface area contributed by atoms with Crippen LogP contribution in [-0.4, -0.2) is 42.8 Å². The third kappa shape index (κ3) is 3.89. The highest BCUT2D eigenvalue weighted by molar-refractivity contribution is 6.05.